The lowest BCUT2D eigenvalue weighted by Gasteiger charge is -2.04. The SMILES string of the molecule is CNC(=O)Nc1nc(C)nc(OC)n1. The zero-order valence-corrected chi connectivity index (χ0v) is 8.16. The van der Waals surface area contributed by atoms with Crippen LogP contribution in [0, 0.1) is 6.92 Å². The first kappa shape index (κ1) is 10.2. The Labute approximate surface area is 80.9 Å². The number of aryl methyl sites for hydroxylation is 1. The van der Waals surface area contributed by atoms with Crippen molar-refractivity contribution in [2.75, 3.05) is 19.5 Å². The van der Waals surface area contributed by atoms with E-state index >= 15 is 0 Å². The summed E-state index contributed by atoms with van der Waals surface area (Å²) in [6.45, 7) is 1.68. The fourth-order valence-electron chi connectivity index (χ4n) is 0.769. The molecule has 1 aromatic rings. The molecular formula is C7H11N5O2. The normalized spacial score (nSPS) is 9.36. The third kappa shape index (κ3) is 2.54. The second kappa shape index (κ2) is 4.35. The molecule has 7 nitrogen and oxygen atoms in total. The molecule has 1 aromatic heterocycles. The van der Waals surface area contributed by atoms with Gasteiger partial charge in [0.2, 0.25) is 5.95 Å². The van der Waals surface area contributed by atoms with Gasteiger partial charge in [-0.05, 0) is 6.92 Å². The summed E-state index contributed by atoms with van der Waals surface area (Å²) in [5.74, 6) is 0.636. The first-order valence-electron chi connectivity index (χ1n) is 3.91. The Balaban J connectivity index is 2.86. The van der Waals surface area contributed by atoms with Crippen molar-refractivity contribution in [3.63, 3.8) is 0 Å². The highest BCUT2D eigenvalue weighted by Crippen LogP contribution is 2.05. The molecule has 0 fully saturated rings. The molecule has 14 heavy (non-hydrogen) atoms. The summed E-state index contributed by atoms with van der Waals surface area (Å²) in [6.07, 6.45) is 0. The Bertz CT molecular complexity index is 341. The minimum Gasteiger partial charge on any atom is -0.467 e. The second-order valence-electron chi connectivity index (χ2n) is 2.40. The zero-order valence-electron chi connectivity index (χ0n) is 8.16. The maximum absolute atomic E-state index is 10.9. The number of hydrogen-bond donors (Lipinski definition) is 2. The maximum atomic E-state index is 10.9. The highest BCUT2D eigenvalue weighted by molar-refractivity contribution is 5.86. The number of rotatable bonds is 2. The van der Waals surface area contributed by atoms with E-state index < -0.39 is 6.03 Å². The van der Waals surface area contributed by atoms with Gasteiger partial charge in [-0.1, -0.05) is 0 Å². The number of carbonyl (C=O) groups is 1. The molecule has 0 aromatic carbocycles. The van der Waals surface area contributed by atoms with E-state index in [4.69, 9.17) is 4.74 Å². The quantitative estimate of drug-likeness (QED) is 0.693. The minimum atomic E-state index is -0.391. The second-order valence-corrected chi connectivity index (χ2v) is 2.40. The number of nitrogens with zero attached hydrogens (tertiary/aromatic N) is 3. The van der Waals surface area contributed by atoms with Crippen LogP contribution >= 0.6 is 0 Å². The summed E-state index contributed by atoms with van der Waals surface area (Å²) in [4.78, 5) is 22.5. The van der Waals surface area contributed by atoms with Crippen molar-refractivity contribution in [3.8, 4) is 6.01 Å². The molecular weight excluding hydrogens is 186 g/mol. The summed E-state index contributed by atoms with van der Waals surface area (Å²) in [5, 5.41) is 4.79. The van der Waals surface area contributed by atoms with Crippen molar-refractivity contribution in [3.05, 3.63) is 5.82 Å². The molecule has 0 saturated carbocycles. The Morgan fingerprint density at radius 2 is 2.07 bits per heavy atom. The molecule has 0 saturated heterocycles. The number of amides is 2. The topological polar surface area (TPSA) is 89.0 Å². The lowest BCUT2D eigenvalue weighted by atomic mass is 10.7. The van der Waals surface area contributed by atoms with Crippen LogP contribution in [0.15, 0.2) is 0 Å². The highest BCUT2D eigenvalue weighted by Gasteiger charge is 2.05. The van der Waals surface area contributed by atoms with Gasteiger partial charge in [0.15, 0.2) is 0 Å². The number of ether oxygens (including phenoxy) is 1. The van der Waals surface area contributed by atoms with Crippen molar-refractivity contribution >= 4 is 12.0 Å². The van der Waals surface area contributed by atoms with E-state index in [-0.39, 0.29) is 12.0 Å². The number of carbonyl (C=O) groups excluding carboxylic acids is 1. The van der Waals surface area contributed by atoms with Gasteiger partial charge in [0, 0.05) is 7.05 Å². The molecule has 0 radical (unpaired) electrons. The lowest BCUT2D eigenvalue weighted by Crippen LogP contribution is -2.25. The molecule has 0 unspecified atom stereocenters. The average molecular weight is 197 g/mol. The van der Waals surface area contributed by atoms with E-state index in [0.29, 0.717) is 5.82 Å². The van der Waals surface area contributed by atoms with E-state index in [1.165, 1.54) is 14.2 Å². The number of methoxy groups -OCH3 is 1. The van der Waals surface area contributed by atoms with E-state index in [1.54, 1.807) is 6.92 Å². The van der Waals surface area contributed by atoms with Gasteiger partial charge in [0.1, 0.15) is 5.82 Å². The summed E-state index contributed by atoms with van der Waals surface area (Å²) < 4.78 is 4.82. The molecule has 0 aliphatic rings. The Kier molecular flexibility index (Phi) is 3.16. The monoisotopic (exact) mass is 197 g/mol. The van der Waals surface area contributed by atoms with Crippen molar-refractivity contribution in [2.24, 2.45) is 0 Å². The molecule has 7 heteroatoms. The standard InChI is InChI=1S/C7H11N5O2/c1-4-9-5(11-6(13)8-2)12-7(10-4)14-3/h1-3H3,(H2,8,9,10,11,12,13). The lowest BCUT2D eigenvalue weighted by molar-refractivity contribution is 0.253. The summed E-state index contributed by atoms with van der Waals surface area (Å²) >= 11 is 0. The predicted octanol–water partition coefficient (Wildman–Crippen LogP) is -0.0601. The molecule has 0 bridgehead atoms. The predicted molar refractivity (Wildman–Crippen MR) is 49.2 cm³/mol. The number of hydrogen-bond acceptors (Lipinski definition) is 5. The fourth-order valence-corrected chi connectivity index (χ4v) is 0.769. The van der Waals surface area contributed by atoms with Gasteiger partial charge in [-0.25, -0.2) is 4.79 Å². The van der Waals surface area contributed by atoms with Crippen molar-refractivity contribution in [2.45, 2.75) is 6.92 Å². The van der Waals surface area contributed by atoms with Gasteiger partial charge in [0.05, 0.1) is 7.11 Å². The molecule has 2 N–H and O–H groups in total. The van der Waals surface area contributed by atoms with E-state index in [1.807, 2.05) is 0 Å². The van der Waals surface area contributed by atoms with Gasteiger partial charge >= 0.3 is 12.0 Å². The molecule has 76 valence electrons. The van der Waals surface area contributed by atoms with E-state index in [2.05, 4.69) is 25.6 Å². The van der Waals surface area contributed by atoms with Crippen LogP contribution in [-0.2, 0) is 0 Å². The Hall–Kier alpha value is -1.92. The van der Waals surface area contributed by atoms with Gasteiger partial charge in [-0.3, -0.25) is 5.32 Å². The summed E-state index contributed by atoms with van der Waals surface area (Å²) in [7, 11) is 2.94. The van der Waals surface area contributed by atoms with E-state index in [0.717, 1.165) is 0 Å². The highest BCUT2D eigenvalue weighted by atomic mass is 16.5. The average Bonchev–Trinajstić information content (AvgIpc) is 2.16. The largest absolute Gasteiger partial charge is 0.467 e. The Morgan fingerprint density at radius 1 is 1.36 bits per heavy atom. The number of nitrogens with one attached hydrogen (secondary N) is 2. The Morgan fingerprint density at radius 3 is 2.64 bits per heavy atom. The number of urea groups is 1. The number of anilines is 1. The van der Waals surface area contributed by atoms with Crippen LogP contribution in [0.3, 0.4) is 0 Å². The third-order valence-electron chi connectivity index (χ3n) is 1.36. The van der Waals surface area contributed by atoms with Crippen LogP contribution < -0.4 is 15.4 Å². The third-order valence-corrected chi connectivity index (χ3v) is 1.36. The van der Waals surface area contributed by atoms with Crippen molar-refractivity contribution < 1.29 is 9.53 Å². The molecule has 0 aliphatic heterocycles. The zero-order chi connectivity index (χ0) is 10.6. The summed E-state index contributed by atoms with van der Waals surface area (Å²) in [6, 6.07) is -0.221. The number of aromatic nitrogens is 3. The van der Waals surface area contributed by atoms with Crippen LogP contribution in [0.5, 0.6) is 6.01 Å². The maximum Gasteiger partial charge on any atom is 0.321 e. The van der Waals surface area contributed by atoms with Crippen LogP contribution in [-0.4, -0.2) is 35.1 Å². The molecule has 0 atom stereocenters. The van der Waals surface area contributed by atoms with Gasteiger partial charge in [-0.2, -0.15) is 15.0 Å². The van der Waals surface area contributed by atoms with Crippen LogP contribution in [0.4, 0.5) is 10.7 Å². The molecule has 0 spiro atoms. The fraction of sp³-hybridized carbons (Fsp3) is 0.429. The first-order chi connectivity index (χ1) is 6.65. The van der Waals surface area contributed by atoms with Gasteiger partial charge in [0.25, 0.3) is 0 Å². The molecule has 1 heterocycles. The minimum absolute atomic E-state index is 0.161. The molecule has 0 aliphatic carbocycles. The van der Waals surface area contributed by atoms with Gasteiger partial charge < -0.3 is 10.1 Å². The van der Waals surface area contributed by atoms with Crippen LogP contribution in [0.2, 0.25) is 0 Å². The molecule has 2 amide bonds. The first-order valence-corrected chi connectivity index (χ1v) is 3.91. The smallest absolute Gasteiger partial charge is 0.321 e. The van der Waals surface area contributed by atoms with Crippen LogP contribution in [0.25, 0.3) is 0 Å². The van der Waals surface area contributed by atoms with E-state index in [9.17, 15) is 4.79 Å². The molecule has 1 rings (SSSR count). The van der Waals surface area contributed by atoms with Crippen molar-refractivity contribution in [1.82, 2.24) is 20.3 Å². The van der Waals surface area contributed by atoms with Crippen LogP contribution in [0.1, 0.15) is 5.82 Å². The summed E-state index contributed by atoms with van der Waals surface area (Å²) in [5.41, 5.74) is 0. The van der Waals surface area contributed by atoms with Crippen molar-refractivity contribution in [1.29, 1.82) is 0 Å². The van der Waals surface area contributed by atoms with Gasteiger partial charge in [-0.15, -0.1) is 0 Å².